The van der Waals surface area contributed by atoms with Gasteiger partial charge >= 0.3 is 0 Å². The molecule has 1 amide bonds. The minimum Gasteiger partial charge on any atom is -0.368 e. The van der Waals surface area contributed by atoms with E-state index in [0.717, 1.165) is 18.4 Å². The monoisotopic (exact) mass is 350 g/mol. The quantitative estimate of drug-likeness (QED) is 0.882. The van der Waals surface area contributed by atoms with Crippen molar-refractivity contribution in [3.63, 3.8) is 0 Å². The van der Waals surface area contributed by atoms with E-state index in [1.165, 1.54) is 4.90 Å². The molecule has 0 unspecified atom stereocenters. The van der Waals surface area contributed by atoms with Crippen LogP contribution in [0.4, 0.5) is 0 Å². The van der Waals surface area contributed by atoms with E-state index >= 15 is 0 Å². The van der Waals surface area contributed by atoms with Gasteiger partial charge in [-0.15, -0.1) is 0 Å². The van der Waals surface area contributed by atoms with Gasteiger partial charge in [0, 0.05) is 18.5 Å². The molecule has 1 heterocycles. The molecule has 1 aliphatic heterocycles. The van der Waals surface area contributed by atoms with Crippen molar-refractivity contribution < 1.29 is 9.90 Å². The van der Waals surface area contributed by atoms with Crippen LogP contribution in [0.1, 0.15) is 50.5 Å². The van der Waals surface area contributed by atoms with Crippen molar-refractivity contribution in [2.45, 2.75) is 50.7 Å². The third kappa shape index (κ3) is 2.87. The summed E-state index contributed by atoms with van der Waals surface area (Å²) in [6.07, 6.45) is 3.20. The zero-order chi connectivity index (χ0) is 18.6. The molecule has 0 radical (unpaired) electrons. The second-order valence-electron chi connectivity index (χ2n) is 6.93. The summed E-state index contributed by atoms with van der Waals surface area (Å²) in [5.41, 5.74) is -1.82. The van der Waals surface area contributed by atoms with Gasteiger partial charge in [-0.3, -0.25) is 9.69 Å². The Bertz CT molecular complexity index is 792. The normalized spacial score (nSPS) is 27.9. The smallest absolute Gasteiger partial charge is 0.239 e. The molecule has 6 heteroatoms. The van der Waals surface area contributed by atoms with Gasteiger partial charge < -0.3 is 5.11 Å². The van der Waals surface area contributed by atoms with Crippen LogP contribution in [0.25, 0.3) is 0 Å². The first kappa shape index (κ1) is 18.1. The third-order valence-electron chi connectivity index (χ3n) is 5.49. The van der Waals surface area contributed by atoms with Crippen LogP contribution < -0.4 is 0 Å². The van der Waals surface area contributed by atoms with E-state index in [1.807, 2.05) is 30.3 Å². The van der Waals surface area contributed by atoms with Crippen LogP contribution in [0.5, 0.6) is 0 Å². The predicted molar refractivity (Wildman–Crippen MR) is 95.6 cm³/mol. The SMILES string of the molecule is N#CCCN1C(=O)[C@@]2(CCC#N)CCCC[C@@]2(O)N=C1c1ccccc1. The Morgan fingerprint density at radius 2 is 1.81 bits per heavy atom. The number of carbonyl (C=O) groups excluding carboxylic acids is 1. The molecule has 0 bridgehead atoms. The van der Waals surface area contributed by atoms with Crippen molar-refractivity contribution in [2.24, 2.45) is 10.4 Å². The number of carbonyl (C=O) groups is 1. The summed E-state index contributed by atoms with van der Waals surface area (Å²) >= 11 is 0. The van der Waals surface area contributed by atoms with E-state index in [4.69, 9.17) is 10.5 Å². The lowest BCUT2D eigenvalue weighted by atomic mass is 9.63. The van der Waals surface area contributed by atoms with Crippen LogP contribution in [-0.2, 0) is 4.79 Å². The molecule has 0 saturated heterocycles. The van der Waals surface area contributed by atoms with Crippen molar-refractivity contribution in [3.8, 4) is 12.1 Å². The molecule has 1 N–H and O–H groups in total. The zero-order valence-corrected chi connectivity index (χ0v) is 14.7. The zero-order valence-electron chi connectivity index (χ0n) is 14.7. The number of nitrogens with zero attached hydrogens (tertiary/aromatic N) is 4. The molecule has 1 saturated carbocycles. The number of aliphatic hydroxyl groups is 1. The molecule has 2 atom stereocenters. The van der Waals surface area contributed by atoms with Gasteiger partial charge in [0.1, 0.15) is 5.84 Å². The highest BCUT2D eigenvalue weighted by Crippen LogP contribution is 2.52. The summed E-state index contributed by atoms with van der Waals surface area (Å²) in [7, 11) is 0. The van der Waals surface area contributed by atoms with Crippen molar-refractivity contribution in [3.05, 3.63) is 35.9 Å². The van der Waals surface area contributed by atoms with E-state index in [-0.39, 0.29) is 31.7 Å². The van der Waals surface area contributed by atoms with Gasteiger partial charge in [-0.25, -0.2) is 4.99 Å². The second-order valence-corrected chi connectivity index (χ2v) is 6.93. The number of benzene rings is 1. The molecule has 0 spiro atoms. The fraction of sp³-hybridized carbons (Fsp3) is 0.500. The number of rotatable bonds is 5. The summed E-state index contributed by atoms with van der Waals surface area (Å²) in [5.74, 6) is 0.210. The van der Waals surface area contributed by atoms with Gasteiger partial charge in [0.25, 0.3) is 0 Å². The molecule has 6 nitrogen and oxygen atoms in total. The summed E-state index contributed by atoms with van der Waals surface area (Å²) in [5, 5.41) is 29.5. The number of amidine groups is 1. The largest absolute Gasteiger partial charge is 0.368 e. The number of aliphatic imine (C=N–C) groups is 1. The lowest BCUT2D eigenvalue weighted by molar-refractivity contribution is -0.171. The Kier molecular flexibility index (Phi) is 5.06. The van der Waals surface area contributed by atoms with E-state index < -0.39 is 11.1 Å². The van der Waals surface area contributed by atoms with Gasteiger partial charge in [0.05, 0.1) is 24.0 Å². The molecule has 26 heavy (non-hydrogen) atoms. The summed E-state index contributed by atoms with van der Waals surface area (Å²) in [6.45, 7) is 0.230. The van der Waals surface area contributed by atoms with Gasteiger partial charge in [0.2, 0.25) is 5.91 Å². The minimum absolute atomic E-state index is 0.185. The average Bonchev–Trinajstić information content (AvgIpc) is 2.67. The van der Waals surface area contributed by atoms with Gasteiger partial charge in [-0.2, -0.15) is 10.5 Å². The van der Waals surface area contributed by atoms with Crippen LogP contribution in [0.2, 0.25) is 0 Å². The Hall–Kier alpha value is -2.70. The summed E-state index contributed by atoms with van der Waals surface area (Å²) < 4.78 is 0. The maximum absolute atomic E-state index is 13.5. The highest BCUT2D eigenvalue weighted by molar-refractivity contribution is 6.11. The van der Waals surface area contributed by atoms with Crippen molar-refractivity contribution in [2.75, 3.05) is 6.54 Å². The van der Waals surface area contributed by atoms with Crippen LogP contribution in [-0.4, -0.2) is 34.0 Å². The van der Waals surface area contributed by atoms with Crippen LogP contribution >= 0.6 is 0 Å². The maximum atomic E-state index is 13.5. The molecular formula is C20H22N4O2. The van der Waals surface area contributed by atoms with Crippen LogP contribution in [0.3, 0.4) is 0 Å². The number of hydrogen-bond donors (Lipinski definition) is 1. The van der Waals surface area contributed by atoms with Gasteiger partial charge in [-0.05, 0) is 25.7 Å². The molecule has 3 rings (SSSR count). The Balaban J connectivity index is 2.14. The fourth-order valence-electron chi connectivity index (χ4n) is 4.15. The van der Waals surface area contributed by atoms with E-state index in [2.05, 4.69) is 17.1 Å². The van der Waals surface area contributed by atoms with Gasteiger partial charge in [-0.1, -0.05) is 36.8 Å². The number of fused-ring (bicyclic) bond motifs is 1. The van der Waals surface area contributed by atoms with Crippen LogP contribution in [0, 0.1) is 28.1 Å². The van der Waals surface area contributed by atoms with E-state index in [0.29, 0.717) is 18.7 Å². The summed E-state index contributed by atoms with van der Waals surface area (Å²) in [6, 6.07) is 13.5. The molecular weight excluding hydrogens is 328 g/mol. The number of nitriles is 2. The molecule has 1 aliphatic carbocycles. The second kappa shape index (κ2) is 7.27. The van der Waals surface area contributed by atoms with Crippen molar-refractivity contribution >= 4 is 11.7 Å². The minimum atomic E-state index is -1.49. The standard InChI is InChI=1S/C20H22N4O2/c21-13-6-11-19-10-4-5-12-20(19,26)23-17(16-8-2-1-3-9-16)24(18(19)25)15-7-14-22/h1-3,8-9,26H,4-7,10-12,15H2/t19-,20-/m0/s1. The lowest BCUT2D eigenvalue weighted by Crippen LogP contribution is -2.64. The predicted octanol–water partition coefficient (Wildman–Crippen LogP) is 2.74. The molecule has 134 valence electrons. The Morgan fingerprint density at radius 1 is 1.12 bits per heavy atom. The van der Waals surface area contributed by atoms with Crippen LogP contribution in [0.15, 0.2) is 35.3 Å². The number of amides is 1. The fourth-order valence-corrected chi connectivity index (χ4v) is 4.15. The molecule has 0 aromatic heterocycles. The average molecular weight is 350 g/mol. The van der Waals surface area contributed by atoms with Gasteiger partial charge in [0.15, 0.2) is 5.72 Å². The topological polar surface area (TPSA) is 100 Å². The first-order valence-electron chi connectivity index (χ1n) is 9.01. The summed E-state index contributed by atoms with van der Waals surface area (Å²) in [4.78, 5) is 19.8. The Morgan fingerprint density at radius 3 is 2.50 bits per heavy atom. The highest BCUT2D eigenvalue weighted by Gasteiger charge is 2.61. The molecule has 1 aromatic carbocycles. The molecule has 1 aromatic rings. The van der Waals surface area contributed by atoms with E-state index in [1.54, 1.807) is 0 Å². The first-order valence-corrected chi connectivity index (χ1v) is 9.01. The molecule has 1 fully saturated rings. The number of hydrogen-bond acceptors (Lipinski definition) is 5. The maximum Gasteiger partial charge on any atom is 0.239 e. The molecule has 2 aliphatic rings. The third-order valence-corrected chi connectivity index (χ3v) is 5.49. The first-order chi connectivity index (χ1) is 12.6. The van der Waals surface area contributed by atoms with Crippen molar-refractivity contribution in [1.29, 1.82) is 10.5 Å². The lowest BCUT2D eigenvalue weighted by Gasteiger charge is -2.52. The highest BCUT2D eigenvalue weighted by atomic mass is 16.3. The Labute approximate surface area is 153 Å². The van der Waals surface area contributed by atoms with Crippen molar-refractivity contribution in [1.82, 2.24) is 4.90 Å². The van der Waals surface area contributed by atoms with E-state index in [9.17, 15) is 9.90 Å².